The summed E-state index contributed by atoms with van der Waals surface area (Å²) in [5.41, 5.74) is 0.691. The van der Waals surface area contributed by atoms with Gasteiger partial charge in [-0.15, -0.1) is 0 Å². The quantitative estimate of drug-likeness (QED) is 0.589. The first-order chi connectivity index (χ1) is 9.09. The second-order valence-corrected chi connectivity index (χ2v) is 8.80. The summed E-state index contributed by atoms with van der Waals surface area (Å²) in [5.74, 6) is 0. The molecule has 0 amide bonds. The van der Waals surface area contributed by atoms with Crippen LogP contribution in [0.1, 0.15) is 13.8 Å². The van der Waals surface area contributed by atoms with Gasteiger partial charge < -0.3 is 0 Å². The van der Waals surface area contributed by atoms with Crippen LogP contribution in [0.5, 0.6) is 0 Å². The van der Waals surface area contributed by atoms with E-state index in [1.165, 1.54) is 22.5 Å². The summed E-state index contributed by atoms with van der Waals surface area (Å²) in [6, 6.07) is 4.98. The second kappa shape index (κ2) is 6.26. The van der Waals surface area contributed by atoms with Crippen LogP contribution >= 0.6 is 10.7 Å². The molecule has 0 aromatic heterocycles. The van der Waals surface area contributed by atoms with E-state index in [2.05, 4.69) is 6.58 Å². The van der Waals surface area contributed by atoms with Crippen molar-refractivity contribution in [1.29, 1.82) is 0 Å². The molecule has 0 radical (unpaired) electrons. The van der Waals surface area contributed by atoms with E-state index < -0.39 is 19.1 Å². The Bertz CT molecular complexity index is 711. The van der Waals surface area contributed by atoms with Crippen LogP contribution in [0.4, 0.5) is 0 Å². The Morgan fingerprint density at radius 1 is 1.25 bits per heavy atom. The van der Waals surface area contributed by atoms with Gasteiger partial charge in [-0.1, -0.05) is 25.1 Å². The Labute approximate surface area is 124 Å². The molecule has 0 fully saturated rings. The molecule has 1 rings (SSSR count). The largest absolute Gasteiger partial charge is 0.261 e. The van der Waals surface area contributed by atoms with Gasteiger partial charge in [0, 0.05) is 23.8 Å². The van der Waals surface area contributed by atoms with Gasteiger partial charge >= 0.3 is 0 Å². The standard InChI is InChI=1S/C12H16ClNO4S2/c1-4-14(9-10(2)3)20(17,18)12-7-5-6-11(8-12)19(13,15)16/h5-8H,2,4,9H2,1,3H3. The van der Waals surface area contributed by atoms with E-state index in [0.29, 0.717) is 5.57 Å². The first kappa shape index (κ1) is 17.2. The van der Waals surface area contributed by atoms with Crippen molar-refractivity contribution in [1.82, 2.24) is 4.31 Å². The normalized spacial score (nSPS) is 12.6. The third-order valence-corrected chi connectivity index (χ3v) is 5.79. The molecule has 0 N–H and O–H groups in total. The van der Waals surface area contributed by atoms with E-state index in [9.17, 15) is 16.8 Å². The highest BCUT2D eigenvalue weighted by atomic mass is 35.7. The molecule has 0 spiro atoms. The van der Waals surface area contributed by atoms with Crippen molar-refractivity contribution in [2.75, 3.05) is 13.1 Å². The lowest BCUT2D eigenvalue weighted by Crippen LogP contribution is -2.32. The van der Waals surface area contributed by atoms with Crippen molar-refractivity contribution in [3.63, 3.8) is 0 Å². The molecule has 112 valence electrons. The van der Waals surface area contributed by atoms with Crippen molar-refractivity contribution < 1.29 is 16.8 Å². The summed E-state index contributed by atoms with van der Waals surface area (Å²) in [6.07, 6.45) is 0. The fourth-order valence-electron chi connectivity index (χ4n) is 1.60. The van der Waals surface area contributed by atoms with E-state index in [4.69, 9.17) is 10.7 Å². The van der Waals surface area contributed by atoms with Gasteiger partial charge in [-0.25, -0.2) is 16.8 Å². The maximum Gasteiger partial charge on any atom is 0.261 e. The van der Waals surface area contributed by atoms with Gasteiger partial charge in [0.05, 0.1) is 9.79 Å². The number of nitrogens with zero attached hydrogens (tertiary/aromatic N) is 1. The summed E-state index contributed by atoms with van der Waals surface area (Å²) in [6.45, 7) is 7.54. The van der Waals surface area contributed by atoms with Crippen molar-refractivity contribution in [3.8, 4) is 0 Å². The van der Waals surface area contributed by atoms with Gasteiger partial charge in [-0.05, 0) is 25.1 Å². The van der Waals surface area contributed by atoms with Gasteiger partial charge in [-0.3, -0.25) is 0 Å². The maximum atomic E-state index is 12.4. The predicted molar refractivity (Wildman–Crippen MR) is 78.7 cm³/mol. The highest BCUT2D eigenvalue weighted by Crippen LogP contribution is 2.22. The number of rotatable bonds is 6. The topological polar surface area (TPSA) is 71.5 Å². The van der Waals surface area contributed by atoms with Crippen LogP contribution in [-0.2, 0) is 19.1 Å². The number of hydrogen-bond acceptors (Lipinski definition) is 4. The summed E-state index contributed by atoms with van der Waals surface area (Å²) in [4.78, 5) is -0.353. The van der Waals surface area contributed by atoms with Crippen LogP contribution in [0.15, 0.2) is 46.2 Å². The average Bonchev–Trinajstić information content (AvgIpc) is 2.34. The average molecular weight is 338 g/mol. The Hall–Kier alpha value is -0.890. The second-order valence-electron chi connectivity index (χ2n) is 4.30. The number of likely N-dealkylation sites (N-methyl/N-ethyl adjacent to an activating group) is 1. The van der Waals surface area contributed by atoms with Gasteiger partial charge in [0.15, 0.2) is 0 Å². The number of hydrogen-bond donors (Lipinski definition) is 0. The van der Waals surface area contributed by atoms with Crippen LogP contribution in [0.25, 0.3) is 0 Å². The Morgan fingerprint density at radius 3 is 2.25 bits per heavy atom. The van der Waals surface area contributed by atoms with Gasteiger partial charge in [-0.2, -0.15) is 4.31 Å². The van der Waals surface area contributed by atoms with Crippen LogP contribution in [0.2, 0.25) is 0 Å². The lowest BCUT2D eigenvalue weighted by molar-refractivity contribution is 0.452. The Balaban J connectivity index is 3.32. The smallest absolute Gasteiger partial charge is 0.207 e. The maximum absolute atomic E-state index is 12.4. The molecule has 0 aliphatic carbocycles. The molecule has 0 heterocycles. The van der Waals surface area contributed by atoms with Crippen LogP contribution in [0, 0.1) is 0 Å². The van der Waals surface area contributed by atoms with Crippen molar-refractivity contribution in [2.45, 2.75) is 23.6 Å². The fraction of sp³-hybridized carbons (Fsp3) is 0.333. The van der Waals surface area contributed by atoms with E-state index in [-0.39, 0.29) is 22.9 Å². The van der Waals surface area contributed by atoms with E-state index in [1.807, 2.05) is 0 Å². The number of halogens is 1. The molecule has 1 aromatic rings. The molecule has 1 aromatic carbocycles. The molecule has 0 aliphatic rings. The number of benzene rings is 1. The van der Waals surface area contributed by atoms with Crippen molar-refractivity contribution in [3.05, 3.63) is 36.4 Å². The summed E-state index contributed by atoms with van der Waals surface area (Å²) in [7, 11) is -2.52. The molecule has 0 aliphatic heterocycles. The first-order valence-corrected chi connectivity index (χ1v) is 9.53. The first-order valence-electron chi connectivity index (χ1n) is 5.78. The SMILES string of the molecule is C=C(C)CN(CC)S(=O)(=O)c1cccc(S(=O)(=O)Cl)c1. The summed E-state index contributed by atoms with van der Waals surface area (Å²) in [5, 5.41) is 0. The molecular weight excluding hydrogens is 322 g/mol. The summed E-state index contributed by atoms with van der Waals surface area (Å²) >= 11 is 0. The molecule has 0 atom stereocenters. The van der Waals surface area contributed by atoms with Crippen LogP contribution in [0.3, 0.4) is 0 Å². The molecule has 0 saturated carbocycles. The summed E-state index contributed by atoms with van der Waals surface area (Å²) < 4.78 is 48.6. The molecule has 0 saturated heterocycles. The zero-order chi connectivity index (χ0) is 15.6. The van der Waals surface area contributed by atoms with E-state index >= 15 is 0 Å². The van der Waals surface area contributed by atoms with Crippen molar-refractivity contribution >= 4 is 29.8 Å². The number of sulfonamides is 1. The Morgan fingerprint density at radius 2 is 1.80 bits per heavy atom. The van der Waals surface area contributed by atoms with Crippen LogP contribution in [-0.4, -0.2) is 34.2 Å². The van der Waals surface area contributed by atoms with Crippen molar-refractivity contribution in [2.24, 2.45) is 0 Å². The lowest BCUT2D eigenvalue weighted by atomic mass is 10.3. The highest BCUT2D eigenvalue weighted by Gasteiger charge is 2.24. The molecule has 5 nitrogen and oxygen atoms in total. The van der Waals surface area contributed by atoms with Crippen LogP contribution < -0.4 is 0 Å². The third kappa shape index (κ3) is 4.05. The van der Waals surface area contributed by atoms with Gasteiger partial charge in [0.2, 0.25) is 10.0 Å². The minimum Gasteiger partial charge on any atom is -0.207 e. The lowest BCUT2D eigenvalue weighted by Gasteiger charge is -2.20. The molecule has 20 heavy (non-hydrogen) atoms. The third-order valence-electron chi connectivity index (χ3n) is 2.52. The zero-order valence-corrected chi connectivity index (χ0v) is 13.6. The Kier molecular flexibility index (Phi) is 5.37. The monoisotopic (exact) mass is 337 g/mol. The van der Waals surface area contributed by atoms with E-state index in [0.717, 1.165) is 6.07 Å². The molecule has 8 heteroatoms. The fourth-order valence-corrected chi connectivity index (χ4v) is 4.03. The molecule has 0 unspecified atom stereocenters. The minimum atomic E-state index is -3.97. The molecular formula is C12H16ClNO4S2. The van der Waals surface area contributed by atoms with Gasteiger partial charge in [0.1, 0.15) is 0 Å². The van der Waals surface area contributed by atoms with E-state index in [1.54, 1.807) is 13.8 Å². The zero-order valence-electron chi connectivity index (χ0n) is 11.2. The molecule has 0 bridgehead atoms. The minimum absolute atomic E-state index is 0.109. The van der Waals surface area contributed by atoms with Gasteiger partial charge in [0.25, 0.3) is 9.05 Å². The highest BCUT2D eigenvalue weighted by molar-refractivity contribution is 8.13. The predicted octanol–water partition coefficient (Wildman–Crippen LogP) is 2.20.